The number of unbranched alkanes of at least 4 members (excludes halogenated alkanes) is 1. The number of piperazine rings is 1. The molecular weight excluding hydrogens is 418 g/mol. The highest BCUT2D eigenvalue weighted by Gasteiger charge is 2.30. The lowest BCUT2D eigenvalue weighted by Gasteiger charge is -2.36. The van der Waals surface area contributed by atoms with Crippen molar-refractivity contribution in [2.75, 3.05) is 58.2 Å². The number of sulfonamides is 1. The lowest BCUT2D eigenvalue weighted by molar-refractivity contribution is -0.384. The molecule has 0 amide bonds. The SMILES string of the molecule is CCCCN1CCCCC1CNc1ccc(S(=O)(=O)N2CCN(C)CC2)cc1[N+](=O)[O-]. The number of hydrogen-bond donors (Lipinski definition) is 1. The number of nitro benzene ring substituents is 1. The van der Waals surface area contributed by atoms with Crippen LogP contribution in [0.25, 0.3) is 0 Å². The fourth-order valence-electron chi connectivity index (χ4n) is 4.32. The van der Waals surface area contributed by atoms with Gasteiger partial charge in [0.05, 0.1) is 9.82 Å². The summed E-state index contributed by atoms with van der Waals surface area (Å²) in [5.74, 6) is 0. The molecule has 10 heteroatoms. The van der Waals surface area contributed by atoms with E-state index in [4.69, 9.17) is 0 Å². The molecule has 1 aromatic rings. The first kappa shape index (κ1) is 23.9. The molecule has 174 valence electrons. The van der Waals surface area contributed by atoms with Crippen LogP contribution in [0.3, 0.4) is 0 Å². The smallest absolute Gasteiger partial charge is 0.293 e. The van der Waals surface area contributed by atoms with Gasteiger partial charge in [-0.15, -0.1) is 0 Å². The Hall–Kier alpha value is -1.75. The first-order valence-electron chi connectivity index (χ1n) is 11.3. The third-order valence-electron chi connectivity index (χ3n) is 6.34. The van der Waals surface area contributed by atoms with Gasteiger partial charge in [0, 0.05) is 44.8 Å². The molecule has 0 spiro atoms. The quantitative estimate of drug-likeness (QED) is 0.453. The summed E-state index contributed by atoms with van der Waals surface area (Å²) in [5, 5.41) is 15.0. The van der Waals surface area contributed by atoms with Crippen molar-refractivity contribution in [2.24, 2.45) is 0 Å². The lowest BCUT2D eigenvalue weighted by atomic mass is 10.0. The molecule has 2 aliphatic heterocycles. The third-order valence-corrected chi connectivity index (χ3v) is 8.24. The van der Waals surface area contributed by atoms with Crippen molar-refractivity contribution in [3.05, 3.63) is 28.3 Å². The summed E-state index contributed by atoms with van der Waals surface area (Å²) in [7, 11) is -1.80. The number of likely N-dealkylation sites (tertiary alicyclic amines) is 1. The standard InChI is InChI=1S/C21H35N5O4S/c1-3-4-10-24-11-6-5-7-18(24)17-22-20-9-8-19(16-21(20)26(27)28)31(29,30)25-14-12-23(2)13-15-25/h8-9,16,18,22H,3-7,10-15,17H2,1-2H3. The minimum atomic E-state index is -3.75. The van der Waals surface area contributed by atoms with Gasteiger partial charge in [-0.2, -0.15) is 4.31 Å². The average Bonchev–Trinajstić information content (AvgIpc) is 2.76. The van der Waals surface area contributed by atoms with Crippen LogP contribution in [-0.2, 0) is 10.0 Å². The second kappa shape index (κ2) is 10.7. The summed E-state index contributed by atoms with van der Waals surface area (Å²) < 4.78 is 27.4. The number of nitro groups is 1. The second-order valence-corrected chi connectivity index (χ2v) is 10.5. The molecule has 0 aliphatic carbocycles. The maximum absolute atomic E-state index is 13.0. The van der Waals surface area contributed by atoms with Crippen molar-refractivity contribution >= 4 is 21.4 Å². The summed E-state index contributed by atoms with van der Waals surface area (Å²) >= 11 is 0. The third kappa shape index (κ3) is 5.94. The van der Waals surface area contributed by atoms with Crippen LogP contribution in [0.1, 0.15) is 39.0 Å². The first-order valence-corrected chi connectivity index (χ1v) is 12.7. The maximum Gasteiger partial charge on any atom is 0.293 e. The molecule has 0 saturated carbocycles. The van der Waals surface area contributed by atoms with Gasteiger partial charge in [-0.05, 0) is 51.5 Å². The minimum Gasteiger partial charge on any atom is -0.378 e. The minimum absolute atomic E-state index is 0.0171. The zero-order chi connectivity index (χ0) is 22.4. The topological polar surface area (TPSA) is 99.0 Å². The highest BCUT2D eigenvalue weighted by atomic mass is 32.2. The maximum atomic E-state index is 13.0. The molecule has 0 aromatic heterocycles. The van der Waals surface area contributed by atoms with Gasteiger partial charge < -0.3 is 10.2 Å². The number of anilines is 1. The van der Waals surface area contributed by atoms with Crippen molar-refractivity contribution in [2.45, 2.75) is 50.0 Å². The zero-order valence-corrected chi connectivity index (χ0v) is 19.4. The number of piperidine rings is 1. The van der Waals surface area contributed by atoms with Crippen LogP contribution >= 0.6 is 0 Å². The van der Waals surface area contributed by atoms with Crippen molar-refractivity contribution in [3.8, 4) is 0 Å². The number of likely N-dealkylation sites (N-methyl/N-ethyl adjacent to an activating group) is 1. The molecule has 2 heterocycles. The van der Waals surface area contributed by atoms with Crippen molar-refractivity contribution in [1.82, 2.24) is 14.1 Å². The molecule has 1 N–H and O–H groups in total. The van der Waals surface area contributed by atoms with Crippen molar-refractivity contribution < 1.29 is 13.3 Å². The highest BCUT2D eigenvalue weighted by Crippen LogP contribution is 2.30. The fourth-order valence-corrected chi connectivity index (χ4v) is 5.77. The van der Waals surface area contributed by atoms with Gasteiger partial charge in [0.25, 0.3) is 5.69 Å². The number of nitrogens with one attached hydrogen (secondary N) is 1. The highest BCUT2D eigenvalue weighted by molar-refractivity contribution is 7.89. The lowest BCUT2D eigenvalue weighted by Crippen LogP contribution is -2.47. The molecule has 3 rings (SSSR count). The molecule has 2 aliphatic rings. The van der Waals surface area contributed by atoms with Crippen LogP contribution in [0.2, 0.25) is 0 Å². The molecule has 0 bridgehead atoms. The van der Waals surface area contributed by atoms with E-state index >= 15 is 0 Å². The van der Waals surface area contributed by atoms with E-state index < -0.39 is 14.9 Å². The van der Waals surface area contributed by atoms with E-state index in [2.05, 4.69) is 22.0 Å². The Kier molecular flexibility index (Phi) is 8.26. The Morgan fingerprint density at radius 1 is 1.16 bits per heavy atom. The molecular formula is C21H35N5O4S. The molecule has 31 heavy (non-hydrogen) atoms. The Bertz CT molecular complexity index is 855. The van der Waals surface area contributed by atoms with E-state index in [-0.39, 0.29) is 10.6 Å². The Morgan fingerprint density at radius 3 is 2.58 bits per heavy atom. The molecule has 2 saturated heterocycles. The summed E-state index contributed by atoms with van der Waals surface area (Å²) in [6.07, 6.45) is 5.72. The van der Waals surface area contributed by atoms with Gasteiger partial charge >= 0.3 is 0 Å². The second-order valence-electron chi connectivity index (χ2n) is 8.56. The Morgan fingerprint density at radius 2 is 1.90 bits per heavy atom. The van der Waals surface area contributed by atoms with Gasteiger partial charge in [0.1, 0.15) is 5.69 Å². The van der Waals surface area contributed by atoms with Crippen LogP contribution in [0.5, 0.6) is 0 Å². The fraction of sp³-hybridized carbons (Fsp3) is 0.714. The van der Waals surface area contributed by atoms with Gasteiger partial charge in [0.15, 0.2) is 0 Å². The molecule has 9 nitrogen and oxygen atoms in total. The zero-order valence-electron chi connectivity index (χ0n) is 18.6. The molecule has 2 fully saturated rings. The average molecular weight is 454 g/mol. The summed E-state index contributed by atoms with van der Waals surface area (Å²) in [4.78, 5) is 15.7. The van der Waals surface area contributed by atoms with E-state index in [1.165, 1.54) is 29.3 Å². The monoisotopic (exact) mass is 453 g/mol. The number of nitrogens with zero attached hydrogens (tertiary/aromatic N) is 4. The molecule has 1 atom stereocenters. The van der Waals surface area contributed by atoms with E-state index in [0.29, 0.717) is 44.5 Å². The Labute approximate surface area is 185 Å². The summed E-state index contributed by atoms with van der Waals surface area (Å²) in [5.41, 5.74) is 0.189. The van der Waals surface area contributed by atoms with E-state index in [9.17, 15) is 18.5 Å². The number of benzene rings is 1. The van der Waals surface area contributed by atoms with Gasteiger partial charge in [0.2, 0.25) is 10.0 Å². The van der Waals surface area contributed by atoms with E-state index in [1.807, 2.05) is 7.05 Å². The van der Waals surface area contributed by atoms with Gasteiger partial charge in [-0.1, -0.05) is 19.8 Å². The molecule has 1 aromatic carbocycles. The van der Waals surface area contributed by atoms with Crippen LogP contribution < -0.4 is 5.32 Å². The van der Waals surface area contributed by atoms with Gasteiger partial charge in [-0.25, -0.2) is 8.42 Å². The summed E-state index contributed by atoms with van der Waals surface area (Å²) in [6.45, 7) is 6.99. The van der Waals surface area contributed by atoms with Crippen molar-refractivity contribution in [3.63, 3.8) is 0 Å². The number of rotatable bonds is 9. The largest absolute Gasteiger partial charge is 0.378 e. The van der Waals surface area contributed by atoms with Crippen LogP contribution in [-0.4, -0.2) is 86.3 Å². The summed E-state index contributed by atoms with van der Waals surface area (Å²) in [6, 6.07) is 4.57. The van der Waals surface area contributed by atoms with E-state index in [0.717, 1.165) is 32.4 Å². The molecule has 0 radical (unpaired) electrons. The molecule has 1 unspecified atom stereocenters. The van der Waals surface area contributed by atoms with Crippen LogP contribution in [0.4, 0.5) is 11.4 Å². The Balaban J connectivity index is 1.74. The predicted octanol–water partition coefficient (Wildman–Crippen LogP) is 2.60. The van der Waals surface area contributed by atoms with E-state index in [1.54, 1.807) is 6.07 Å². The van der Waals surface area contributed by atoms with Crippen LogP contribution in [0.15, 0.2) is 23.1 Å². The van der Waals surface area contributed by atoms with Crippen LogP contribution in [0, 0.1) is 10.1 Å². The number of hydrogen-bond acceptors (Lipinski definition) is 7. The van der Waals surface area contributed by atoms with Gasteiger partial charge in [-0.3, -0.25) is 15.0 Å². The van der Waals surface area contributed by atoms with Crippen molar-refractivity contribution in [1.29, 1.82) is 0 Å². The predicted molar refractivity (Wildman–Crippen MR) is 122 cm³/mol. The normalized spacial score (nSPS) is 21.8. The first-order chi connectivity index (χ1) is 14.8.